The van der Waals surface area contributed by atoms with E-state index in [1.165, 1.54) is 10.9 Å². The molecule has 0 saturated carbocycles. The SMILES string of the molecule is O=C(OCc1ccccc1)c1cn(-c2nc[nH]n2)c2cc(F)c(F)cc2c1=O. The average molecular weight is 382 g/mol. The van der Waals surface area contributed by atoms with Crippen molar-refractivity contribution >= 4 is 16.9 Å². The number of rotatable bonds is 4. The second-order valence-electron chi connectivity index (χ2n) is 5.89. The largest absolute Gasteiger partial charge is 0.457 e. The summed E-state index contributed by atoms with van der Waals surface area (Å²) in [7, 11) is 0. The maximum atomic E-state index is 13.7. The number of carbonyl (C=O) groups is 1. The number of nitrogens with one attached hydrogen (secondary N) is 1. The number of hydrogen-bond acceptors (Lipinski definition) is 5. The van der Waals surface area contributed by atoms with Crippen LogP contribution < -0.4 is 5.43 Å². The van der Waals surface area contributed by atoms with Gasteiger partial charge in [-0.25, -0.2) is 18.6 Å². The van der Waals surface area contributed by atoms with E-state index in [4.69, 9.17) is 4.74 Å². The van der Waals surface area contributed by atoms with Gasteiger partial charge >= 0.3 is 5.97 Å². The smallest absolute Gasteiger partial charge is 0.344 e. The summed E-state index contributed by atoms with van der Waals surface area (Å²) in [6.45, 7) is -0.0460. The van der Waals surface area contributed by atoms with Gasteiger partial charge in [0.1, 0.15) is 18.5 Å². The summed E-state index contributed by atoms with van der Waals surface area (Å²) < 4.78 is 33.9. The lowest BCUT2D eigenvalue weighted by molar-refractivity contribution is 0.0470. The van der Waals surface area contributed by atoms with Crippen LogP contribution in [0, 0.1) is 11.6 Å². The predicted molar refractivity (Wildman–Crippen MR) is 95.0 cm³/mol. The molecule has 0 bridgehead atoms. The van der Waals surface area contributed by atoms with E-state index >= 15 is 0 Å². The molecule has 0 unspecified atom stereocenters. The summed E-state index contributed by atoms with van der Waals surface area (Å²) in [5, 5.41) is 6.16. The van der Waals surface area contributed by atoms with Crippen molar-refractivity contribution in [1.29, 1.82) is 0 Å². The van der Waals surface area contributed by atoms with E-state index in [0.717, 1.165) is 23.9 Å². The zero-order valence-corrected chi connectivity index (χ0v) is 14.2. The molecule has 28 heavy (non-hydrogen) atoms. The quantitative estimate of drug-likeness (QED) is 0.548. The number of benzene rings is 2. The Morgan fingerprint density at radius 3 is 2.61 bits per heavy atom. The number of esters is 1. The number of fused-ring (bicyclic) bond motifs is 1. The fourth-order valence-corrected chi connectivity index (χ4v) is 2.75. The zero-order chi connectivity index (χ0) is 19.7. The first-order valence-electron chi connectivity index (χ1n) is 8.16. The highest BCUT2D eigenvalue weighted by atomic mass is 19.2. The van der Waals surface area contributed by atoms with Crippen LogP contribution in [0.25, 0.3) is 16.9 Å². The van der Waals surface area contributed by atoms with Crippen LogP contribution in [-0.4, -0.2) is 25.7 Å². The molecule has 0 spiro atoms. The van der Waals surface area contributed by atoms with Crippen molar-refractivity contribution in [2.45, 2.75) is 6.61 Å². The van der Waals surface area contributed by atoms with Gasteiger partial charge in [-0.2, -0.15) is 0 Å². The van der Waals surface area contributed by atoms with Crippen molar-refractivity contribution < 1.29 is 18.3 Å². The maximum absolute atomic E-state index is 13.7. The van der Waals surface area contributed by atoms with Gasteiger partial charge in [0.05, 0.1) is 10.9 Å². The number of carbonyl (C=O) groups excluding carboxylic acids is 1. The predicted octanol–water partition coefficient (Wildman–Crippen LogP) is 2.74. The summed E-state index contributed by atoms with van der Waals surface area (Å²) in [5.74, 6) is -3.20. The van der Waals surface area contributed by atoms with Crippen molar-refractivity contribution in [3.8, 4) is 5.95 Å². The van der Waals surface area contributed by atoms with Crippen LogP contribution in [0.2, 0.25) is 0 Å². The third-order valence-corrected chi connectivity index (χ3v) is 4.10. The van der Waals surface area contributed by atoms with Gasteiger partial charge in [0.2, 0.25) is 5.43 Å². The van der Waals surface area contributed by atoms with Crippen molar-refractivity contribution in [3.05, 3.63) is 88.0 Å². The maximum Gasteiger partial charge on any atom is 0.344 e. The molecular formula is C19H12F2N4O3. The first-order chi connectivity index (χ1) is 13.5. The summed E-state index contributed by atoms with van der Waals surface area (Å²) in [4.78, 5) is 29.2. The van der Waals surface area contributed by atoms with Crippen LogP contribution in [-0.2, 0) is 11.3 Å². The number of ether oxygens (including phenoxy) is 1. The third-order valence-electron chi connectivity index (χ3n) is 4.10. The molecule has 0 aliphatic rings. The number of halogens is 2. The molecule has 2 aromatic heterocycles. The number of aromatic amines is 1. The Morgan fingerprint density at radius 2 is 1.89 bits per heavy atom. The van der Waals surface area contributed by atoms with E-state index in [2.05, 4.69) is 15.2 Å². The van der Waals surface area contributed by atoms with Crippen molar-refractivity contribution in [2.75, 3.05) is 0 Å². The second-order valence-corrected chi connectivity index (χ2v) is 5.89. The first-order valence-corrected chi connectivity index (χ1v) is 8.16. The fraction of sp³-hybridized carbons (Fsp3) is 0.0526. The molecule has 0 atom stereocenters. The van der Waals surface area contributed by atoms with Crippen LogP contribution in [0.1, 0.15) is 15.9 Å². The molecule has 1 N–H and O–H groups in total. The highest BCUT2D eigenvalue weighted by molar-refractivity contribution is 5.94. The summed E-state index contributed by atoms with van der Waals surface area (Å²) in [5.41, 5.74) is -0.375. The minimum atomic E-state index is -1.21. The summed E-state index contributed by atoms with van der Waals surface area (Å²) in [6, 6.07) is 10.5. The van der Waals surface area contributed by atoms with Gasteiger partial charge in [-0.15, -0.1) is 5.10 Å². The number of aromatic nitrogens is 4. The van der Waals surface area contributed by atoms with E-state index in [9.17, 15) is 18.4 Å². The molecule has 2 aromatic carbocycles. The van der Waals surface area contributed by atoms with Crippen molar-refractivity contribution in [3.63, 3.8) is 0 Å². The molecule has 4 aromatic rings. The molecule has 0 amide bonds. The first kappa shape index (κ1) is 17.5. The van der Waals surface area contributed by atoms with Crippen LogP contribution in [0.3, 0.4) is 0 Å². The lowest BCUT2D eigenvalue weighted by Gasteiger charge is -2.11. The Hall–Kier alpha value is -3.88. The molecule has 0 saturated heterocycles. The summed E-state index contributed by atoms with van der Waals surface area (Å²) >= 11 is 0. The Balaban J connectivity index is 1.82. The van der Waals surface area contributed by atoms with Gasteiger partial charge in [0.15, 0.2) is 11.6 Å². The number of nitrogens with zero attached hydrogens (tertiary/aromatic N) is 3. The molecule has 4 rings (SSSR count). The second kappa shape index (κ2) is 7.03. The third kappa shape index (κ3) is 3.13. The standard InChI is InChI=1S/C19H12F2N4O3/c20-14-6-12-16(7-15(14)21)25(19-22-10-23-24-19)8-13(17(12)26)18(27)28-9-11-4-2-1-3-5-11/h1-8,10H,9H2,(H,22,23,24). The Labute approximate surface area is 156 Å². The van der Waals surface area contributed by atoms with Crippen molar-refractivity contribution in [2.24, 2.45) is 0 Å². The van der Waals surface area contributed by atoms with Gasteiger partial charge < -0.3 is 4.74 Å². The van der Waals surface area contributed by atoms with E-state index in [1.54, 1.807) is 24.3 Å². The van der Waals surface area contributed by atoms with Crippen LogP contribution in [0.4, 0.5) is 8.78 Å². The topological polar surface area (TPSA) is 89.9 Å². The van der Waals surface area contributed by atoms with E-state index < -0.39 is 23.0 Å². The Bertz CT molecular complexity index is 1220. The molecule has 0 aliphatic carbocycles. The highest BCUT2D eigenvalue weighted by Gasteiger charge is 2.20. The van der Waals surface area contributed by atoms with E-state index in [0.29, 0.717) is 0 Å². The number of hydrogen-bond donors (Lipinski definition) is 1. The molecule has 9 heteroatoms. The van der Waals surface area contributed by atoms with Crippen LogP contribution in [0.15, 0.2) is 59.8 Å². The van der Waals surface area contributed by atoms with Crippen LogP contribution in [0.5, 0.6) is 0 Å². The molecular weight excluding hydrogens is 370 g/mol. The Morgan fingerprint density at radius 1 is 1.14 bits per heavy atom. The minimum absolute atomic E-state index is 0.0168. The number of pyridine rings is 1. The molecule has 7 nitrogen and oxygen atoms in total. The van der Waals surface area contributed by atoms with Crippen molar-refractivity contribution in [1.82, 2.24) is 19.7 Å². The fourth-order valence-electron chi connectivity index (χ4n) is 2.75. The monoisotopic (exact) mass is 382 g/mol. The van der Waals surface area contributed by atoms with E-state index in [1.807, 2.05) is 6.07 Å². The highest BCUT2D eigenvalue weighted by Crippen LogP contribution is 2.19. The van der Waals surface area contributed by atoms with Gasteiger partial charge in [-0.05, 0) is 11.6 Å². The van der Waals surface area contributed by atoms with Gasteiger partial charge in [0, 0.05) is 12.3 Å². The Kier molecular flexibility index (Phi) is 4.40. The van der Waals surface area contributed by atoms with Gasteiger partial charge in [-0.1, -0.05) is 30.3 Å². The lowest BCUT2D eigenvalue weighted by Crippen LogP contribution is -2.21. The van der Waals surface area contributed by atoms with Gasteiger partial charge in [-0.3, -0.25) is 14.5 Å². The normalized spacial score (nSPS) is 10.9. The molecule has 140 valence electrons. The molecule has 0 fully saturated rings. The molecule has 0 aliphatic heterocycles. The zero-order valence-electron chi connectivity index (χ0n) is 14.2. The van der Waals surface area contributed by atoms with E-state index in [-0.39, 0.29) is 29.0 Å². The lowest BCUT2D eigenvalue weighted by atomic mass is 10.1. The number of H-pyrrole nitrogens is 1. The average Bonchev–Trinajstić information content (AvgIpc) is 3.23. The van der Waals surface area contributed by atoms with Gasteiger partial charge in [0.25, 0.3) is 5.95 Å². The molecule has 2 heterocycles. The van der Waals surface area contributed by atoms with Crippen LogP contribution >= 0.6 is 0 Å². The summed E-state index contributed by atoms with van der Waals surface area (Å²) in [6.07, 6.45) is 2.42. The molecule has 0 radical (unpaired) electrons. The minimum Gasteiger partial charge on any atom is -0.457 e.